The van der Waals surface area contributed by atoms with Crippen LogP contribution < -0.4 is 5.32 Å². The van der Waals surface area contributed by atoms with Crippen molar-refractivity contribution in [3.63, 3.8) is 0 Å². The molecule has 0 aliphatic rings. The number of methoxy groups -OCH3 is 1. The molecule has 1 unspecified atom stereocenters. The zero-order valence-electron chi connectivity index (χ0n) is 16.5. The number of carbonyl (C=O) groups excluding carboxylic acids is 3. The highest BCUT2D eigenvalue weighted by atomic mass is 16.6. The average Bonchev–Trinajstić information content (AvgIpc) is 2.52. The summed E-state index contributed by atoms with van der Waals surface area (Å²) in [6, 6.07) is -1.08. The molecule has 0 heterocycles. The molecule has 0 bridgehead atoms. The van der Waals surface area contributed by atoms with E-state index in [0.717, 1.165) is 7.11 Å². The van der Waals surface area contributed by atoms with Crippen molar-refractivity contribution in [2.45, 2.75) is 71.9 Å². The first-order valence-electron chi connectivity index (χ1n) is 8.73. The number of hydrogen-bond donors (Lipinski definition) is 2. The summed E-state index contributed by atoms with van der Waals surface area (Å²) in [5, 5.41) is 11.3. The van der Waals surface area contributed by atoms with Gasteiger partial charge in [-0.1, -0.05) is 20.3 Å². The van der Waals surface area contributed by atoms with Gasteiger partial charge in [0.1, 0.15) is 11.6 Å². The van der Waals surface area contributed by atoms with Crippen molar-refractivity contribution in [1.29, 1.82) is 0 Å². The van der Waals surface area contributed by atoms with Crippen molar-refractivity contribution in [3.05, 3.63) is 0 Å². The Balaban J connectivity index is 5.16. The summed E-state index contributed by atoms with van der Waals surface area (Å²) in [6.45, 7) is 8.94. The predicted octanol–water partition coefficient (Wildman–Crippen LogP) is 1.90. The number of esters is 2. The second-order valence-electron chi connectivity index (χ2n) is 7.30. The standard InChI is InChI=1S/C18H31NO7/c1-7-11(2)12(10-15(22)26-18(3,4)5)16(23)19-13(17(24)25-6)8-9-14(20)21/h11-13H,7-10H2,1-6H3,(H,19,23)(H,20,21)/t11?,12-,13+/m0/s1. The van der Waals surface area contributed by atoms with E-state index in [0.29, 0.717) is 6.42 Å². The van der Waals surface area contributed by atoms with E-state index in [2.05, 4.69) is 10.1 Å². The maximum atomic E-state index is 12.6. The Hall–Kier alpha value is -2.12. The zero-order valence-corrected chi connectivity index (χ0v) is 16.5. The quantitative estimate of drug-likeness (QED) is 0.561. The number of amides is 1. The van der Waals surface area contributed by atoms with E-state index in [1.165, 1.54) is 0 Å². The van der Waals surface area contributed by atoms with E-state index in [9.17, 15) is 19.2 Å². The molecule has 0 saturated heterocycles. The highest BCUT2D eigenvalue weighted by Crippen LogP contribution is 2.22. The van der Waals surface area contributed by atoms with Gasteiger partial charge in [0.25, 0.3) is 0 Å². The Morgan fingerprint density at radius 2 is 1.73 bits per heavy atom. The molecule has 0 aliphatic carbocycles. The summed E-state index contributed by atoms with van der Waals surface area (Å²) in [5.41, 5.74) is -0.663. The van der Waals surface area contributed by atoms with Crippen LogP contribution in [0.3, 0.4) is 0 Å². The van der Waals surface area contributed by atoms with Gasteiger partial charge in [0.2, 0.25) is 5.91 Å². The Morgan fingerprint density at radius 1 is 1.15 bits per heavy atom. The summed E-state index contributed by atoms with van der Waals surface area (Å²) in [6.07, 6.45) is 0.150. The van der Waals surface area contributed by atoms with Crippen LogP contribution in [0.1, 0.15) is 60.3 Å². The summed E-state index contributed by atoms with van der Waals surface area (Å²) < 4.78 is 9.90. The van der Waals surface area contributed by atoms with Crippen molar-refractivity contribution in [3.8, 4) is 0 Å². The molecule has 0 aromatic rings. The molecular formula is C18H31NO7. The summed E-state index contributed by atoms with van der Waals surface area (Å²) in [5.74, 6) is -3.61. The second-order valence-corrected chi connectivity index (χ2v) is 7.30. The van der Waals surface area contributed by atoms with Gasteiger partial charge >= 0.3 is 17.9 Å². The molecule has 0 aromatic carbocycles. The van der Waals surface area contributed by atoms with Crippen LogP contribution in [0.15, 0.2) is 0 Å². The fourth-order valence-electron chi connectivity index (χ4n) is 2.34. The summed E-state index contributed by atoms with van der Waals surface area (Å²) >= 11 is 0. The van der Waals surface area contributed by atoms with Gasteiger partial charge in [-0.15, -0.1) is 0 Å². The maximum Gasteiger partial charge on any atom is 0.328 e. The van der Waals surface area contributed by atoms with E-state index in [1.807, 2.05) is 13.8 Å². The van der Waals surface area contributed by atoms with Crippen LogP contribution in [0.25, 0.3) is 0 Å². The van der Waals surface area contributed by atoms with Gasteiger partial charge in [-0.3, -0.25) is 14.4 Å². The molecule has 8 heteroatoms. The summed E-state index contributed by atoms with van der Waals surface area (Å²) in [7, 11) is 1.16. The van der Waals surface area contributed by atoms with Crippen LogP contribution in [0.5, 0.6) is 0 Å². The molecule has 0 aliphatic heterocycles. The average molecular weight is 373 g/mol. The van der Waals surface area contributed by atoms with Crippen LogP contribution in [0, 0.1) is 11.8 Å². The van der Waals surface area contributed by atoms with Gasteiger partial charge in [-0.05, 0) is 33.1 Å². The highest BCUT2D eigenvalue weighted by Gasteiger charge is 2.32. The Kier molecular flexibility index (Phi) is 9.90. The lowest BCUT2D eigenvalue weighted by Crippen LogP contribution is -2.46. The normalized spacial score (nSPS) is 14.7. The first-order chi connectivity index (χ1) is 11.9. The number of hydrogen-bond acceptors (Lipinski definition) is 6. The van der Waals surface area contributed by atoms with Crippen molar-refractivity contribution >= 4 is 23.8 Å². The Morgan fingerprint density at radius 3 is 2.15 bits per heavy atom. The smallest absolute Gasteiger partial charge is 0.328 e. The van der Waals surface area contributed by atoms with Crippen LogP contribution in [0.4, 0.5) is 0 Å². The molecule has 0 aromatic heterocycles. The van der Waals surface area contributed by atoms with Crippen molar-refractivity contribution in [2.24, 2.45) is 11.8 Å². The lowest BCUT2D eigenvalue weighted by atomic mass is 9.87. The molecule has 8 nitrogen and oxygen atoms in total. The largest absolute Gasteiger partial charge is 0.481 e. The molecule has 0 rings (SSSR count). The monoisotopic (exact) mass is 373 g/mol. The minimum Gasteiger partial charge on any atom is -0.481 e. The fraction of sp³-hybridized carbons (Fsp3) is 0.778. The third-order valence-corrected chi connectivity index (χ3v) is 3.92. The first kappa shape index (κ1) is 23.9. The third-order valence-electron chi connectivity index (χ3n) is 3.92. The maximum absolute atomic E-state index is 12.6. The molecule has 0 saturated carbocycles. The van der Waals surface area contributed by atoms with Crippen molar-refractivity contribution < 1.29 is 33.8 Å². The van der Waals surface area contributed by atoms with E-state index >= 15 is 0 Å². The van der Waals surface area contributed by atoms with Gasteiger partial charge in [-0.2, -0.15) is 0 Å². The Bertz CT molecular complexity index is 510. The van der Waals surface area contributed by atoms with Crippen LogP contribution in [0.2, 0.25) is 0 Å². The molecule has 2 N–H and O–H groups in total. The lowest BCUT2D eigenvalue weighted by Gasteiger charge is -2.26. The van der Waals surface area contributed by atoms with Crippen LogP contribution in [-0.4, -0.2) is 47.7 Å². The fourth-order valence-corrected chi connectivity index (χ4v) is 2.34. The molecule has 0 fully saturated rings. The lowest BCUT2D eigenvalue weighted by molar-refractivity contribution is -0.158. The Labute approximate surface area is 154 Å². The second kappa shape index (κ2) is 10.8. The SMILES string of the molecule is CCC(C)[C@H](CC(=O)OC(C)(C)C)C(=O)N[C@H](CCC(=O)O)C(=O)OC. The van der Waals surface area contributed by atoms with Crippen LogP contribution >= 0.6 is 0 Å². The number of carboxylic acids is 1. The molecule has 0 spiro atoms. The van der Waals surface area contributed by atoms with E-state index in [4.69, 9.17) is 9.84 Å². The van der Waals surface area contributed by atoms with Crippen molar-refractivity contribution in [1.82, 2.24) is 5.32 Å². The highest BCUT2D eigenvalue weighted by molar-refractivity contribution is 5.88. The van der Waals surface area contributed by atoms with Crippen LogP contribution in [-0.2, 0) is 28.7 Å². The predicted molar refractivity (Wildman–Crippen MR) is 94.2 cm³/mol. The summed E-state index contributed by atoms with van der Waals surface area (Å²) in [4.78, 5) is 47.3. The molecule has 0 radical (unpaired) electrons. The molecular weight excluding hydrogens is 342 g/mol. The number of carbonyl (C=O) groups is 4. The molecule has 3 atom stereocenters. The number of rotatable bonds is 10. The van der Waals surface area contributed by atoms with Gasteiger partial charge in [0.15, 0.2) is 0 Å². The molecule has 26 heavy (non-hydrogen) atoms. The number of aliphatic carboxylic acids is 1. The van der Waals surface area contributed by atoms with Crippen molar-refractivity contribution in [2.75, 3.05) is 7.11 Å². The number of nitrogens with one attached hydrogen (secondary N) is 1. The minimum absolute atomic E-state index is 0.0899. The van der Waals surface area contributed by atoms with Gasteiger partial charge in [0, 0.05) is 6.42 Å². The topological polar surface area (TPSA) is 119 Å². The van der Waals surface area contributed by atoms with Gasteiger partial charge < -0.3 is 19.9 Å². The number of ether oxygens (including phenoxy) is 2. The minimum atomic E-state index is -1.08. The zero-order chi connectivity index (χ0) is 20.5. The van der Waals surface area contributed by atoms with Gasteiger partial charge in [0.05, 0.1) is 19.4 Å². The third kappa shape index (κ3) is 9.39. The van der Waals surface area contributed by atoms with E-state index < -0.39 is 41.4 Å². The molecule has 150 valence electrons. The van der Waals surface area contributed by atoms with E-state index in [1.54, 1.807) is 20.8 Å². The van der Waals surface area contributed by atoms with Gasteiger partial charge in [-0.25, -0.2) is 4.79 Å². The first-order valence-corrected chi connectivity index (χ1v) is 8.73. The number of carboxylic acid groups (broad SMARTS) is 1. The molecule has 1 amide bonds. The van der Waals surface area contributed by atoms with E-state index in [-0.39, 0.29) is 25.2 Å².